The second-order valence-electron chi connectivity index (χ2n) is 7.67. The van der Waals surface area contributed by atoms with Crippen LogP contribution in [0.15, 0.2) is 0 Å². The van der Waals surface area contributed by atoms with Crippen molar-refractivity contribution in [1.82, 2.24) is 0 Å². The molecule has 0 amide bonds. The summed E-state index contributed by atoms with van der Waals surface area (Å²) >= 11 is 0. The molecule has 0 spiro atoms. The molecule has 0 atom stereocenters. The molecule has 0 saturated heterocycles. The monoisotopic (exact) mass is 433 g/mol. The summed E-state index contributed by atoms with van der Waals surface area (Å²) in [5.74, 6) is 2.71. The molecule has 0 fully saturated rings. The molecular weight excluding hydrogens is 393 g/mol. The predicted molar refractivity (Wildman–Crippen MR) is 96.7 cm³/mol. The third-order valence-corrected chi connectivity index (χ3v) is 5.28. The van der Waals surface area contributed by atoms with Crippen molar-refractivity contribution in [1.29, 1.82) is 0 Å². The van der Waals surface area contributed by atoms with Gasteiger partial charge in [-0.2, -0.15) is 13.5 Å². The van der Waals surface area contributed by atoms with E-state index in [9.17, 15) is 0 Å². The fourth-order valence-corrected chi connectivity index (χ4v) is 1.33. The molecule has 21 heavy (non-hydrogen) atoms. The van der Waals surface area contributed by atoms with E-state index < -0.39 is 0 Å². The van der Waals surface area contributed by atoms with Gasteiger partial charge in [-0.25, -0.2) is 0 Å². The van der Waals surface area contributed by atoms with Gasteiger partial charge in [0.1, 0.15) is 0 Å². The van der Waals surface area contributed by atoms with Crippen LogP contribution in [0.4, 0.5) is 0 Å². The molecule has 129 valence electrons. The number of hydrogen-bond acceptors (Lipinski definition) is 0. The smallest absolute Gasteiger partial charge is 0.366 e. The van der Waals surface area contributed by atoms with Crippen LogP contribution in [0.25, 0.3) is 0 Å². The summed E-state index contributed by atoms with van der Waals surface area (Å²) in [5.41, 5.74) is 0.500. The van der Waals surface area contributed by atoms with E-state index >= 15 is 0 Å². The van der Waals surface area contributed by atoms with Gasteiger partial charge >= 0.3 is 17.1 Å². The summed E-state index contributed by atoms with van der Waals surface area (Å²) in [6.07, 6.45) is 0. The van der Waals surface area contributed by atoms with E-state index in [1.807, 2.05) is 0 Å². The summed E-state index contributed by atoms with van der Waals surface area (Å²) < 4.78 is 0. The van der Waals surface area contributed by atoms with Crippen molar-refractivity contribution in [3.8, 4) is 0 Å². The van der Waals surface area contributed by atoms with Crippen LogP contribution in [-0.2, 0) is 49.8 Å². The summed E-state index contributed by atoms with van der Waals surface area (Å²) in [5, 5.41) is 0. The molecule has 0 saturated carbocycles. The van der Waals surface area contributed by atoms with Gasteiger partial charge in [0, 0.05) is 32.7 Å². The molecule has 0 aromatic rings. The van der Waals surface area contributed by atoms with Crippen LogP contribution in [0, 0.1) is 48.3 Å². The molecule has 0 N–H and O–H groups in total. The average molecular weight is 433 g/mol. The maximum absolute atomic E-state index is 4.06. The summed E-state index contributed by atoms with van der Waals surface area (Å²) in [4.78, 5) is 0. The zero-order valence-corrected chi connectivity index (χ0v) is 21.1. The van der Waals surface area contributed by atoms with E-state index in [1.54, 1.807) is 0 Å². The Hall–Kier alpha value is 1.97. The Morgan fingerprint density at radius 2 is 0.810 bits per heavy atom. The number of rotatable bonds is 4. The van der Waals surface area contributed by atoms with Crippen molar-refractivity contribution in [2.24, 2.45) is 34.5 Å². The Morgan fingerprint density at radius 1 is 0.619 bits per heavy atom. The minimum atomic E-state index is 0. The summed E-state index contributed by atoms with van der Waals surface area (Å²) in [6, 6.07) is 0. The molecule has 0 aliphatic carbocycles. The van der Waals surface area contributed by atoms with E-state index in [4.69, 9.17) is 0 Å². The Kier molecular flexibility index (Phi) is 23.4. The van der Waals surface area contributed by atoms with Gasteiger partial charge in [-0.15, -0.1) is 0 Å². The molecule has 0 aromatic heterocycles. The Morgan fingerprint density at radius 3 is 0.810 bits per heavy atom. The SMILES string of the molecule is CC(C)C(C)(C)C(C)C.S.[CH2-]C([CH2-])(C(C)C)C(C)C.[Fe+2].[Y]. The van der Waals surface area contributed by atoms with Gasteiger partial charge in [-0.3, -0.25) is 5.41 Å². The zero-order chi connectivity index (χ0) is 15.3. The molecule has 0 heterocycles. The molecule has 0 aliphatic heterocycles. The van der Waals surface area contributed by atoms with Gasteiger partial charge in [0.25, 0.3) is 0 Å². The zero-order valence-electron chi connectivity index (χ0n) is 16.2. The summed E-state index contributed by atoms with van der Waals surface area (Å²) in [7, 11) is 0. The minimum absolute atomic E-state index is 0. The van der Waals surface area contributed by atoms with Crippen molar-refractivity contribution in [2.75, 3.05) is 0 Å². The van der Waals surface area contributed by atoms with Gasteiger partial charge in [0.05, 0.1) is 0 Å². The molecule has 0 aromatic carbocycles. The second kappa shape index (κ2) is 14.3. The van der Waals surface area contributed by atoms with Crippen LogP contribution >= 0.6 is 13.5 Å². The maximum atomic E-state index is 4.06. The van der Waals surface area contributed by atoms with Crippen LogP contribution in [0.3, 0.4) is 0 Å². The predicted octanol–water partition coefficient (Wildman–Crippen LogP) is 6.39. The largest absolute Gasteiger partial charge is 2.00 e. The van der Waals surface area contributed by atoms with Crippen molar-refractivity contribution in [3.63, 3.8) is 0 Å². The normalized spacial score (nSPS) is 11.4. The Balaban J connectivity index is -0.0000000711. The maximum Gasteiger partial charge on any atom is 2.00 e. The van der Waals surface area contributed by atoms with Crippen molar-refractivity contribution < 1.29 is 49.8 Å². The van der Waals surface area contributed by atoms with Crippen LogP contribution < -0.4 is 0 Å². The first-order valence-corrected chi connectivity index (χ1v) is 7.48. The van der Waals surface area contributed by atoms with Crippen LogP contribution in [-0.4, -0.2) is 0 Å². The Bertz CT molecular complexity index is 177. The van der Waals surface area contributed by atoms with E-state index in [-0.39, 0.29) is 68.7 Å². The molecule has 0 bridgehead atoms. The first-order chi connectivity index (χ1) is 7.77. The van der Waals surface area contributed by atoms with Crippen LogP contribution in [0.2, 0.25) is 0 Å². The first kappa shape index (κ1) is 34.3. The van der Waals surface area contributed by atoms with Crippen molar-refractivity contribution in [3.05, 3.63) is 13.8 Å². The molecule has 0 aliphatic rings. The molecule has 3 heteroatoms. The summed E-state index contributed by atoms with van der Waals surface area (Å²) in [6.45, 7) is 30.6. The standard InChI is InChI=1S/C9H20.C9H18.Fe.H2S.Y/c2*1-7(2)9(5,6)8(3)4;;;/h7-8H,1-6H3;7-8H,5-6H2,1-4H3;;1H2;/q;-2;+2;;. The van der Waals surface area contributed by atoms with Crippen molar-refractivity contribution in [2.45, 2.75) is 69.2 Å². The third kappa shape index (κ3) is 13.0. The van der Waals surface area contributed by atoms with Gasteiger partial charge in [0.15, 0.2) is 0 Å². The molecule has 0 nitrogen and oxygen atoms in total. The topological polar surface area (TPSA) is 0 Å². The van der Waals surface area contributed by atoms with Gasteiger partial charge in [0.2, 0.25) is 0 Å². The van der Waals surface area contributed by atoms with Crippen LogP contribution in [0.1, 0.15) is 69.2 Å². The van der Waals surface area contributed by atoms with Crippen molar-refractivity contribution >= 4 is 13.5 Å². The third-order valence-electron chi connectivity index (χ3n) is 5.28. The van der Waals surface area contributed by atoms with E-state index in [0.29, 0.717) is 17.3 Å². The Labute approximate surface area is 179 Å². The average Bonchev–Trinajstić information content (AvgIpc) is 2.17. The van der Waals surface area contributed by atoms with E-state index in [2.05, 4.69) is 83.1 Å². The molecule has 0 rings (SSSR count). The minimum Gasteiger partial charge on any atom is -0.366 e. The fraction of sp³-hybridized carbons (Fsp3) is 0.889. The first-order valence-electron chi connectivity index (χ1n) is 7.48. The van der Waals surface area contributed by atoms with E-state index in [1.165, 1.54) is 0 Å². The molecular formula is C18H40FeSY. The molecule has 1 radical (unpaired) electrons. The second-order valence-corrected chi connectivity index (χ2v) is 7.67. The van der Waals surface area contributed by atoms with E-state index in [0.717, 1.165) is 11.8 Å². The number of hydrogen-bond donors (Lipinski definition) is 0. The van der Waals surface area contributed by atoms with Gasteiger partial charge in [-0.05, 0) is 17.3 Å². The van der Waals surface area contributed by atoms with Gasteiger partial charge in [-0.1, -0.05) is 81.1 Å². The quantitative estimate of drug-likeness (QED) is 0.356. The van der Waals surface area contributed by atoms with Crippen LogP contribution in [0.5, 0.6) is 0 Å². The van der Waals surface area contributed by atoms with Gasteiger partial charge < -0.3 is 13.8 Å². The molecule has 0 unspecified atom stereocenters. The fourth-order valence-electron chi connectivity index (χ4n) is 1.33.